The average Bonchev–Trinajstić information content (AvgIpc) is 3.01. The van der Waals surface area contributed by atoms with E-state index in [0.29, 0.717) is 54.1 Å². The van der Waals surface area contributed by atoms with E-state index >= 15 is 0 Å². The Balaban J connectivity index is 1.54. The van der Waals surface area contributed by atoms with Gasteiger partial charge in [0.15, 0.2) is 0 Å². The van der Waals surface area contributed by atoms with Crippen molar-refractivity contribution in [3.63, 3.8) is 0 Å². The van der Waals surface area contributed by atoms with Gasteiger partial charge in [-0.1, -0.05) is 61.9 Å². The molecule has 2 amide bonds. The summed E-state index contributed by atoms with van der Waals surface area (Å²) in [6.07, 6.45) is 11.2. The van der Waals surface area contributed by atoms with Crippen LogP contribution in [0.3, 0.4) is 0 Å². The quantitative estimate of drug-likeness (QED) is 0.201. The maximum Gasteiger partial charge on any atom is 0.317 e. The fourth-order valence-electron chi connectivity index (χ4n) is 6.83. The molecule has 3 N–H and O–H groups in total. The minimum Gasteiger partial charge on any atom is -0.457 e. The number of nitrogens with one attached hydrogen (secondary N) is 2. The Hall–Kier alpha value is -2.32. The number of ether oxygens (including phenoxy) is 2. The summed E-state index contributed by atoms with van der Waals surface area (Å²) in [5.41, 5.74) is -0.553. The van der Waals surface area contributed by atoms with Crippen molar-refractivity contribution in [2.24, 2.45) is 11.8 Å². The molecule has 1 aliphatic carbocycles. The summed E-state index contributed by atoms with van der Waals surface area (Å²) in [6, 6.07) is 15.1. The summed E-state index contributed by atoms with van der Waals surface area (Å²) in [6.45, 7) is 2.54. The highest BCUT2D eigenvalue weighted by Crippen LogP contribution is 2.45. The number of urea groups is 1. The van der Waals surface area contributed by atoms with Crippen molar-refractivity contribution < 1.29 is 19.4 Å². The Morgan fingerprint density at radius 2 is 1.88 bits per heavy atom. The average molecular weight is 600 g/mol. The van der Waals surface area contributed by atoms with Crippen molar-refractivity contribution in [2.45, 2.75) is 82.3 Å². The van der Waals surface area contributed by atoms with Crippen LogP contribution in [0.5, 0.6) is 11.5 Å². The molecule has 2 aromatic rings. The number of likely N-dealkylation sites (N-methyl/N-ethyl adjacent to an activating group) is 1. The van der Waals surface area contributed by atoms with Crippen LogP contribution in [0.15, 0.2) is 48.5 Å². The predicted molar refractivity (Wildman–Crippen MR) is 169 cm³/mol. The van der Waals surface area contributed by atoms with Crippen molar-refractivity contribution in [2.75, 3.05) is 40.4 Å². The van der Waals surface area contributed by atoms with Gasteiger partial charge in [-0.3, -0.25) is 0 Å². The Morgan fingerprint density at radius 3 is 2.62 bits per heavy atom. The number of hydrogen-bond acceptors (Lipinski definition) is 5. The van der Waals surface area contributed by atoms with Gasteiger partial charge in [0.05, 0.1) is 5.60 Å². The van der Waals surface area contributed by atoms with Crippen molar-refractivity contribution in [3.8, 4) is 11.5 Å². The number of aliphatic hydroxyl groups is 1. The molecule has 0 radical (unpaired) electrons. The van der Waals surface area contributed by atoms with Crippen molar-refractivity contribution in [1.29, 1.82) is 0 Å². The van der Waals surface area contributed by atoms with Gasteiger partial charge >= 0.3 is 6.03 Å². The van der Waals surface area contributed by atoms with Crippen LogP contribution >= 0.6 is 11.6 Å². The molecule has 232 valence electrons. The number of likely N-dealkylation sites (tertiary alicyclic amines) is 1. The molecule has 2 fully saturated rings. The van der Waals surface area contributed by atoms with E-state index in [0.717, 1.165) is 38.6 Å². The second-order valence-electron chi connectivity index (χ2n) is 12.2. The molecular formula is C34H50ClN3O4. The van der Waals surface area contributed by atoms with E-state index in [1.165, 1.54) is 32.1 Å². The number of piperidine rings is 1. The summed E-state index contributed by atoms with van der Waals surface area (Å²) >= 11 is 6.53. The van der Waals surface area contributed by atoms with Gasteiger partial charge < -0.3 is 30.1 Å². The monoisotopic (exact) mass is 599 g/mol. The summed E-state index contributed by atoms with van der Waals surface area (Å²) in [5.74, 6) is 1.79. The molecule has 4 rings (SSSR count). The van der Waals surface area contributed by atoms with E-state index in [-0.39, 0.29) is 18.0 Å². The summed E-state index contributed by atoms with van der Waals surface area (Å²) in [5, 5.41) is 19.8. The largest absolute Gasteiger partial charge is 0.457 e. The first-order chi connectivity index (χ1) is 20.4. The second-order valence-corrected chi connectivity index (χ2v) is 12.6. The van der Waals surface area contributed by atoms with Crippen molar-refractivity contribution in [3.05, 3.63) is 59.1 Å². The van der Waals surface area contributed by atoms with Crippen LogP contribution in [0, 0.1) is 11.8 Å². The van der Waals surface area contributed by atoms with Crippen LogP contribution in [-0.2, 0) is 10.3 Å². The third-order valence-electron chi connectivity index (χ3n) is 9.04. The molecule has 3 atom stereocenters. The van der Waals surface area contributed by atoms with Crippen LogP contribution in [0.25, 0.3) is 0 Å². The zero-order valence-electron chi connectivity index (χ0n) is 25.5. The van der Waals surface area contributed by atoms with Gasteiger partial charge in [0.2, 0.25) is 0 Å². The third-order valence-corrected chi connectivity index (χ3v) is 9.28. The number of para-hydroxylation sites is 1. The number of carbonyl (C=O) groups is 1. The first-order valence-electron chi connectivity index (χ1n) is 15.9. The molecule has 1 heterocycles. The molecule has 0 unspecified atom stereocenters. The lowest BCUT2D eigenvalue weighted by Crippen LogP contribution is -2.54. The third kappa shape index (κ3) is 9.09. The van der Waals surface area contributed by atoms with Gasteiger partial charge in [0, 0.05) is 55.9 Å². The van der Waals surface area contributed by atoms with Gasteiger partial charge in [-0.15, -0.1) is 0 Å². The fraction of sp³-hybridized carbons (Fsp3) is 0.618. The topological polar surface area (TPSA) is 83.1 Å². The Kier molecular flexibility index (Phi) is 12.8. The Bertz CT molecular complexity index is 1100. The molecule has 0 aromatic heterocycles. The maximum atomic E-state index is 13.6. The molecule has 8 heteroatoms. The van der Waals surface area contributed by atoms with Crippen LogP contribution in [-0.4, -0.2) is 62.5 Å². The minimum absolute atomic E-state index is 0.0376. The minimum atomic E-state index is -1.23. The molecular weight excluding hydrogens is 550 g/mol. The predicted octanol–water partition coefficient (Wildman–Crippen LogP) is 7.12. The lowest BCUT2D eigenvalue weighted by Gasteiger charge is -2.43. The molecule has 1 aliphatic heterocycles. The molecule has 7 nitrogen and oxygen atoms in total. The summed E-state index contributed by atoms with van der Waals surface area (Å²) in [7, 11) is 3.64. The molecule has 0 bridgehead atoms. The first-order valence-corrected chi connectivity index (χ1v) is 16.2. The van der Waals surface area contributed by atoms with E-state index < -0.39 is 5.60 Å². The van der Waals surface area contributed by atoms with Gasteiger partial charge in [0.1, 0.15) is 11.5 Å². The number of hydrogen-bond donors (Lipinski definition) is 3. The lowest BCUT2D eigenvalue weighted by molar-refractivity contribution is -0.0575. The molecule has 42 heavy (non-hydrogen) atoms. The summed E-state index contributed by atoms with van der Waals surface area (Å²) in [4.78, 5) is 15.5. The SMILES string of the molecule is CNC[C@H](CC1CCCCC1)NC(=O)N1CCC[C@@H]([C@@](O)(CCCCOC)c2cc(Cl)ccc2Oc2ccccc2)C1. The smallest absolute Gasteiger partial charge is 0.317 e. The standard InChI is InChI=1S/C34H50ClN3O4/c1-36-24-29(22-26-12-5-3-6-13-26)37-33(39)38-20-11-14-27(25-38)34(40,19-9-10-21-41-2)31-23-28(35)17-18-32(31)42-30-15-7-4-8-16-30/h4,7-8,15-18,23,26-27,29,36,40H,3,5-6,9-14,19-22,24-25H2,1-2H3,(H,37,39)/t27-,29+,34+/m1/s1. The summed E-state index contributed by atoms with van der Waals surface area (Å²) < 4.78 is 11.6. The van der Waals surface area contributed by atoms with Crippen LogP contribution < -0.4 is 15.4 Å². The highest BCUT2D eigenvalue weighted by Gasteiger charge is 2.43. The Morgan fingerprint density at radius 1 is 1.10 bits per heavy atom. The normalized spacial score (nSPS) is 20.1. The van der Waals surface area contributed by atoms with Gasteiger partial charge in [-0.25, -0.2) is 4.79 Å². The number of benzene rings is 2. The second kappa shape index (κ2) is 16.5. The van der Waals surface area contributed by atoms with E-state index in [9.17, 15) is 9.90 Å². The zero-order valence-corrected chi connectivity index (χ0v) is 26.2. The molecule has 1 saturated carbocycles. The highest BCUT2D eigenvalue weighted by atomic mass is 35.5. The number of amides is 2. The molecule has 2 aliphatic rings. The van der Waals surface area contributed by atoms with E-state index in [1.54, 1.807) is 13.2 Å². The fourth-order valence-corrected chi connectivity index (χ4v) is 7.00. The van der Waals surface area contributed by atoms with E-state index in [1.807, 2.05) is 54.4 Å². The number of rotatable bonds is 14. The van der Waals surface area contributed by atoms with Gasteiger partial charge in [0.25, 0.3) is 0 Å². The van der Waals surface area contributed by atoms with Crippen LogP contribution in [0.4, 0.5) is 4.79 Å². The maximum absolute atomic E-state index is 13.6. The number of methoxy groups -OCH3 is 1. The van der Waals surface area contributed by atoms with Crippen LogP contribution in [0.1, 0.15) is 76.2 Å². The molecule has 2 aromatic carbocycles. The zero-order chi connectivity index (χ0) is 29.8. The van der Waals surface area contributed by atoms with Crippen molar-refractivity contribution >= 4 is 17.6 Å². The number of unbranched alkanes of at least 4 members (excludes halogenated alkanes) is 1. The number of nitrogens with zero attached hydrogens (tertiary/aromatic N) is 1. The lowest BCUT2D eigenvalue weighted by atomic mass is 9.73. The number of carbonyl (C=O) groups excluding carboxylic acids is 1. The van der Waals surface area contributed by atoms with Crippen molar-refractivity contribution in [1.82, 2.24) is 15.5 Å². The van der Waals surface area contributed by atoms with E-state index in [2.05, 4.69) is 10.6 Å². The first kappa shape index (κ1) is 32.6. The number of halogens is 1. The van der Waals surface area contributed by atoms with Gasteiger partial charge in [-0.05, 0) is 81.8 Å². The highest BCUT2D eigenvalue weighted by molar-refractivity contribution is 6.30. The molecule has 0 spiro atoms. The molecule has 1 saturated heterocycles. The Labute approximate surface area is 257 Å². The van der Waals surface area contributed by atoms with Crippen LogP contribution in [0.2, 0.25) is 5.02 Å². The van der Waals surface area contributed by atoms with Gasteiger partial charge in [-0.2, -0.15) is 0 Å². The van der Waals surface area contributed by atoms with E-state index in [4.69, 9.17) is 21.1 Å².